The SMILES string of the molecule is CCNCC(O)Cn1ccnc1C. The van der Waals surface area contributed by atoms with Crippen LogP contribution >= 0.6 is 0 Å². The zero-order chi connectivity index (χ0) is 9.68. The number of aryl methyl sites for hydroxylation is 1. The number of aromatic nitrogens is 2. The summed E-state index contributed by atoms with van der Waals surface area (Å²) in [7, 11) is 0. The van der Waals surface area contributed by atoms with Crippen LogP contribution in [0.25, 0.3) is 0 Å². The highest BCUT2D eigenvalue weighted by molar-refractivity contribution is 4.89. The van der Waals surface area contributed by atoms with E-state index in [1.165, 1.54) is 0 Å². The van der Waals surface area contributed by atoms with Gasteiger partial charge in [-0.15, -0.1) is 0 Å². The molecule has 0 saturated heterocycles. The molecule has 1 atom stereocenters. The molecule has 0 aliphatic heterocycles. The van der Waals surface area contributed by atoms with Gasteiger partial charge in [-0.2, -0.15) is 0 Å². The van der Waals surface area contributed by atoms with Crippen LogP contribution in [0.1, 0.15) is 12.7 Å². The van der Waals surface area contributed by atoms with Gasteiger partial charge >= 0.3 is 0 Å². The summed E-state index contributed by atoms with van der Waals surface area (Å²) in [6, 6.07) is 0. The molecule has 0 aliphatic rings. The number of hydrogen-bond acceptors (Lipinski definition) is 3. The Bertz CT molecular complexity index is 247. The van der Waals surface area contributed by atoms with Gasteiger partial charge < -0.3 is 15.0 Å². The zero-order valence-electron chi connectivity index (χ0n) is 8.20. The van der Waals surface area contributed by atoms with Crippen LogP contribution in [0.5, 0.6) is 0 Å². The smallest absolute Gasteiger partial charge is 0.105 e. The predicted molar refractivity (Wildman–Crippen MR) is 51.5 cm³/mol. The molecule has 13 heavy (non-hydrogen) atoms. The van der Waals surface area contributed by atoms with Crippen molar-refractivity contribution in [1.29, 1.82) is 0 Å². The lowest BCUT2D eigenvalue weighted by molar-refractivity contribution is 0.151. The molecule has 0 fully saturated rings. The van der Waals surface area contributed by atoms with Crippen molar-refractivity contribution in [2.45, 2.75) is 26.5 Å². The van der Waals surface area contributed by atoms with E-state index in [4.69, 9.17) is 0 Å². The lowest BCUT2D eigenvalue weighted by atomic mass is 10.3. The Balaban J connectivity index is 2.36. The van der Waals surface area contributed by atoms with Crippen LogP contribution in [0, 0.1) is 6.92 Å². The van der Waals surface area contributed by atoms with E-state index in [-0.39, 0.29) is 6.10 Å². The van der Waals surface area contributed by atoms with Crippen molar-refractivity contribution in [3.63, 3.8) is 0 Å². The van der Waals surface area contributed by atoms with Gasteiger partial charge in [0.15, 0.2) is 0 Å². The number of aliphatic hydroxyl groups is 1. The average molecular weight is 183 g/mol. The lowest BCUT2D eigenvalue weighted by Gasteiger charge is -2.12. The van der Waals surface area contributed by atoms with Gasteiger partial charge in [-0.1, -0.05) is 6.92 Å². The van der Waals surface area contributed by atoms with Crippen LogP contribution in [0.15, 0.2) is 12.4 Å². The molecule has 0 aromatic carbocycles. The van der Waals surface area contributed by atoms with Crippen molar-refractivity contribution >= 4 is 0 Å². The minimum atomic E-state index is -0.340. The first-order chi connectivity index (χ1) is 6.24. The highest BCUT2D eigenvalue weighted by Gasteiger charge is 2.05. The van der Waals surface area contributed by atoms with Crippen LogP contribution in [0.3, 0.4) is 0 Å². The van der Waals surface area contributed by atoms with Crippen LogP contribution in [-0.2, 0) is 6.54 Å². The summed E-state index contributed by atoms with van der Waals surface area (Å²) in [6.07, 6.45) is 3.28. The Morgan fingerprint density at radius 2 is 2.46 bits per heavy atom. The number of rotatable bonds is 5. The van der Waals surface area contributed by atoms with Gasteiger partial charge in [0.2, 0.25) is 0 Å². The molecule has 1 rings (SSSR count). The van der Waals surface area contributed by atoms with Gasteiger partial charge in [0.25, 0.3) is 0 Å². The van der Waals surface area contributed by atoms with E-state index in [2.05, 4.69) is 10.3 Å². The molecule has 74 valence electrons. The standard InChI is InChI=1S/C9H17N3O/c1-3-10-6-9(13)7-12-5-4-11-8(12)2/h4-5,9-10,13H,3,6-7H2,1-2H3. The first-order valence-corrected chi connectivity index (χ1v) is 4.60. The molecule has 1 heterocycles. The summed E-state index contributed by atoms with van der Waals surface area (Å²) < 4.78 is 1.95. The number of imidazole rings is 1. The summed E-state index contributed by atoms with van der Waals surface area (Å²) in [5.41, 5.74) is 0. The normalized spacial score (nSPS) is 13.2. The van der Waals surface area contributed by atoms with Crippen LogP contribution in [0.2, 0.25) is 0 Å². The molecule has 0 saturated carbocycles. The predicted octanol–water partition coefficient (Wildman–Crippen LogP) is 0.162. The third-order valence-corrected chi connectivity index (χ3v) is 1.96. The molecule has 1 aromatic heterocycles. The number of hydrogen-bond donors (Lipinski definition) is 2. The third-order valence-electron chi connectivity index (χ3n) is 1.96. The summed E-state index contributed by atoms with van der Waals surface area (Å²) in [4.78, 5) is 4.08. The lowest BCUT2D eigenvalue weighted by Crippen LogP contribution is -2.30. The highest BCUT2D eigenvalue weighted by atomic mass is 16.3. The second-order valence-corrected chi connectivity index (χ2v) is 3.09. The minimum absolute atomic E-state index is 0.340. The van der Waals surface area contributed by atoms with E-state index < -0.39 is 0 Å². The molecule has 0 bridgehead atoms. The van der Waals surface area contributed by atoms with E-state index in [1.54, 1.807) is 6.20 Å². The topological polar surface area (TPSA) is 50.1 Å². The van der Waals surface area contributed by atoms with E-state index in [0.29, 0.717) is 13.1 Å². The summed E-state index contributed by atoms with van der Waals surface area (Å²) in [6.45, 7) is 6.09. The number of likely N-dealkylation sites (N-methyl/N-ethyl adjacent to an activating group) is 1. The summed E-state index contributed by atoms with van der Waals surface area (Å²) >= 11 is 0. The monoisotopic (exact) mass is 183 g/mol. The van der Waals surface area contributed by atoms with Crippen molar-refractivity contribution < 1.29 is 5.11 Å². The Hall–Kier alpha value is -0.870. The molecule has 1 aromatic rings. The van der Waals surface area contributed by atoms with Crippen molar-refractivity contribution in [2.75, 3.05) is 13.1 Å². The molecule has 4 heteroatoms. The molecule has 0 aliphatic carbocycles. The molecule has 1 unspecified atom stereocenters. The quantitative estimate of drug-likeness (QED) is 0.684. The van der Waals surface area contributed by atoms with Crippen molar-refractivity contribution in [3.05, 3.63) is 18.2 Å². The highest BCUT2D eigenvalue weighted by Crippen LogP contribution is 1.97. The first-order valence-electron chi connectivity index (χ1n) is 4.60. The maximum Gasteiger partial charge on any atom is 0.105 e. The molecule has 0 radical (unpaired) electrons. The van der Waals surface area contributed by atoms with Gasteiger partial charge in [0, 0.05) is 18.9 Å². The van der Waals surface area contributed by atoms with Gasteiger partial charge in [0.05, 0.1) is 12.6 Å². The molecular formula is C9H17N3O. The fraction of sp³-hybridized carbons (Fsp3) is 0.667. The van der Waals surface area contributed by atoms with Gasteiger partial charge in [-0.05, 0) is 13.5 Å². The van der Waals surface area contributed by atoms with Crippen molar-refractivity contribution in [1.82, 2.24) is 14.9 Å². The van der Waals surface area contributed by atoms with Crippen molar-refractivity contribution in [2.24, 2.45) is 0 Å². The van der Waals surface area contributed by atoms with Gasteiger partial charge in [-0.25, -0.2) is 4.98 Å². The third kappa shape index (κ3) is 3.16. The maximum atomic E-state index is 9.57. The van der Waals surface area contributed by atoms with Crippen molar-refractivity contribution in [3.8, 4) is 0 Å². The average Bonchev–Trinajstić information content (AvgIpc) is 2.48. The second kappa shape index (κ2) is 4.99. The Kier molecular flexibility index (Phi) is 3.92. The number of aliphatic hydroxyl groups excluding tert-OH is 1. The van der Waals surface area contributed by atoms with E-state index >= 15 is 0 Å². The zero-order valence-corrected chi connectivity index (χ0v) is 8.20. The summed E-state index contributed by atoms with van der Waals surface area (Å²) in [5.74, 6) is 0.940. The fourth-order valence-electron chi connectivity index (χ4n) is 1.20. The molecule has 4 nitrogen and oxygen atoms in total. The molecule has 2 N–H and O–H groups in total. The molecule has 0 amide bonds. The van der Waals surface area contributed by atoms with Crippen LogP contribution < -0.4 is 5.32 Å². The minimum Gasteiger partial charge on any atom is -0.390 e. The van der Waals surface area contributed by atoms with Crippen LogP contribution in [0.4, 0.5) is 0 Å². The van der Waals surface area contributed by atoms with Crippen LogP contribution in [-0.4, -0.2) is 33.9 Å². The Morgan fingerprint density at radius 3 is 3.00 bits per heavy atom. The second-order valence-electron chi connectivity index (χ2n) is 3.09. The van der Waals surface area contributed by atoms with E-state index in [1.807, 2.05) is 24.6 Å². The van der Waals surface area contributed by atoms with E-state index in [0.717, 1.165) is 12.4 Å². The largest absolute Gasteiger partial charge is 0.390 e. The summed E-state index contributed by atoms with van der Waals surface area (Å²) in [5, 5.41) is 12.7. The Morgan fingerprint density at radius 1 is 1.69 bits per heavy atom. The number of nitrogens with one attached hydrogen (secondary N) is 1. The number of nitrogens with zero attached hydrogens (tertiary/aromatic N) is 2. The molecular weight excluding hydrogens is 166 g/mol. The van der Waals surface area contributed by atoms with Gasteiger partial charge in [0.1, 0.15) is 5.82 Å². The fourth-order valence-corrected chi connectivity index (χ4v) is 1.20. The van der Waals surface area contributed by atoms with Gasteiger partial charge in [-0.3, -0.25) is 0 Å². The van der Waals surface area contributed by atoms with E-state index in [9.17, 15) is 5.11 Å². The Labute approximate surface area is 78.6 Å². The maximum absolute atomic E-state index is 9.57. The molecule has 0 spiro atoms. The first kappa shape index (κ1) is 10.2.